The molecule has 0 N–H and O–H groups in total. The fourth-order valence-electron chi connectivity index (χ4n) is 3.19. The summed E-state index contributed by atoms with van der Waals surface area (Å²) in [5.74, 6) is 1.97. The lowest BCUT2D eigenvalue weighted by molar-refractivity contribution is 0.432. The van der Waals surface area contributed by atoms with E-state index in [0.717, 1.165) is 34.7 Å². The van der Waals surface area contributed by atoms with E-state index in [9.17, 15) is 0 Å². The van der Waals surface area contributed by atoms with Crippen molar-refractivity contribution in [3.05, 3.63) is 54.4 Å². The van der Waals surface area contributed by atoms with Crippen LogP contribution in [0.15, 0.2) is 53.3 Å². The van der Waals surface area contributed by atoms with E-state index in [1.54, 1.807) is 0 Å². The molecule has 1 saturated carbocycles. The molecule has 2 heterocycles. The van der Waals surface area contributed by atoms with Gasteiger partial charge in [-0.05, 0) is 55.5 Å². The number of hydrogen-bond acceptors (Lipinski definition) is 4. The number of benzene rings is 2. The molecule has 124 valence electrons. The first-order valence-corrected chi connectivity index (χ1v) is 8.63. The fourth-order valence-corrected chi connectivity index (χ4v) is 3.19. The molecule has 25 heavy (non-hydrogen) atoms. The van der Waals surface area contributed by atoms with E-state index in [2.05, 4.69) is 25.8 Å². The van der Waals surface area contributed by atoms with Crippen LogP contribution in [0.2, 0.25) is 0 Å². The van der Waals surface area contributed by atoms with E-state index in [4.69, 9.17) is 4.52 Å². The SMILES string of the molecule is Cc1ccccc1-c1nc(-c2ccc3c(c2)ncn3CC2CC2)no1. The third-order valence-corrected chi connectivity index (χ3v) is 4.83. The maximum absolute atomic E-state index is 5.48. The van der Waals surface area contributed by atoms with Crippen molar-refractivity contribution in [2.75, 3.05) is 0 Å². The number of aromatic nitrogens is 4. The summed E-state index contributed by atoms with van der Waals surface area (Å²) in [7, 11) is 0. The average molecular weight is 330 g/mol. The summed E-state index contributed by atoms with van der Waals surface area (Å²) in [6, 6.07) is 14.2. The Kier molecular flexibility index (Phi) is 3.20. The quantitative estimate of drug-likeness (QED) is 0.554. The minimum absolute atomic E-state index is 0.549. The molecule has 4 aromatic rings. The van der Waals surface area contributed by atoms with Crippen LogP contribution < -0.4 is 0 Å². The molecule has 5 heteroatoms. The largest absolute Gasteiger partial charge is 0.334 e. The Morgan fingerprint density at radius 3 is 2.88 bits per heavy atom. The lowest BCUT2D eigenvalue weighted by Gasteiger charge is -2.02. The van der Waals surface area contributed by atoms with Gasteiger partial charge in [0.15, 0.2) is 0 Å². The second-order valence-corrected chi connectivity index (χ2v) is 6.78. The fraction of sp³-hybridized carbons (Fsp3) is 0.250. The van der Waals surface area contributed by atoms with Gasteiger partial charge in [0, 0.05) is 17.7 Å². The maximum Gasteiger partial charge on any atom is 0.258 e. The van der Waals surface area contributed by atoms with Gasteiger partial charge in [-0.3, -0.25) is 0 Å². The summed E-state index contributed by atoms with van der Waals surface area (Å²) in [6.07, 6.45) is 4.60. The first kappa shape index (κ1) is 14.4. The molecule has 0 aliphatic heterocycles. The van der Waals surface area contributed by atoms with Crippen molar-refractivity contribution < 1.29 is 4.52 Å². The van der Waals surface area contributed by atoms with Crippen LogP contribution in [0.3, 0.4) is 0 Å². The number of imidazole rings is 1. The zero-order valence-electron chi connectivity index (χ0n) is 14.0. The standard InChI is InChI=1S/C20H18N4O/c1-13-4-2-3-5-16(13)20-22-19(23-25-20)15-8-9-18-17(10-15)21-12-24(18)11-14-6-7-14/h2-5,8-10,12,14H,6-7,11H2,1H3. The van der Waals surface area contributed by atoms with Gasteiger partial charge in [0.05, 0.1) is 17.4 Å². The maximum atomic E-state index is 5.48. The summed E-state index contributed by atoms with van der Waals surface area (Å²) in [5.41, 5.74) is 5.15. The van der Waals surface area contributed by atoms with Gasteiger partial charge in [-0.25, -0.2) is 4.98 Å². The van der Waals surface area contributed by atoms with Gasteiger partial charge in [0.25, 0.3) is 5.89 Å². The van der Waals surface area contributed by atoms with E-state index in [1.165, 1.54) is 18.4 Å². The molecule has 0 amide bonds. The lowest BCUT2D eigenvalue weighted by atomic mass is 10.1. The molecular weight excluding hydrogens is 312 g/mol. The first-order valence-electron chi connectivity index (χ1n) is 8.63. The van der Waals surface area contributed by atoms with E-state index >= 15 is 0 Å². The van der Waals surface area contributed by atoms with Crippen LogP contribution in [-0.4, -0.2) is 19.7 Å². The van der Waals surface area contributed by atoms with Crippen molar-refractivity contribution in [3.8, 4) is 22.8 Å². The normalized spacial score (nSPS) is 14.3. The molecule has 0 radical (unpaired) electrons. The second-order valence-electron chi connectivity index (χ2n) is 6.78. The zero-order chi connectivity index (χ0) is 16.8. The molecule has 0 spiro atoms. The van der Waals surface area contributed by atoms with E-state index < -0.39 is 0 Å². The summed E-state index contributed by atoms with van der Waals surface area (Å²) < 4.78 is 7.72. The van der Waals surface area contributed by atoms with Crippen molar-refractivity contribution in [1.29, 1.82) is 0 Å². The van der Waals surface area contributed by atoms with Gasteiger partial charge in [0.1, 0.15) is 0 Å². The molecule has 0 atom stereocenters. The Balaban J connectivity index is 1.50. The third-order valence-electron chi connectivity index (χ3n) is 4.83. The van der Waals surface area contributed by atoms with E-state index in [1.807, 2.05) is 49.6 Å². The first-order chi connectivity index (χ1) is 12.3. The van der Waals surface area contributed by atoms with Crippen LogP contribution in [0.25, 0.3) is 33.9 Å². The topological polar surface area (TPSA) is 56.7 Å². The Morgan fingerprint density at radius 2 is 2.04 bits per heavy atom. The molecule has 1 fully saturated rings. The molecule has 2 aromatic heterocycles. The predicted octanol–water partition coefficient (Wildman–Crippen LogP) is 4.47. The van der Waals surface area contributed by atoms with Crippen LogP contribution in [0, 0.1) is 12.8 Å². The highest BCUT2D eigenvalue weighted by Crippen LogP contribution is 2.32. The lowest BCUT2D eigenvalue weighted by Crippen LogP contribution is -1.97. The zero-order valence-corrected chi connectivity index (χ0v) is 14.0. The molecular formula is C20H18N4O. The van der Waals surface area contributed by atoms with Gasteiger partial charge >= 0.3 is 0 Å². The van der Waals surface area contributed by atoms with Gasteiger partial charge in [-0.15, -0.1) is 0 Å². The molecule has 0 bridgehead atoms. The van der Waals surface area contributed by atoms with Crippen molar-refractivity contribution in [2.24, 2.45) is 5.92 Å². The Morgan fingerprint density at radius 1 is 1.16 bits per heavy atom. The minimum atomic E-state index is 0.549. The Hall–Kier alpha value is -2.95. The molecule has 1 aliphatic carbocycles. The second kappa shape index (κ2) is 5.55. The van der Waals surface area contributed by atoms with Crippen molar-refractivity contribution in [3.63, 3.8) is 0 Å². The molecule has 2 aromatic carbocycles. The van der Waals surface area contributed by atoms with Crippen LogP contribution in [-0.2, 0) is 6.54 Å². The van der Waals surface area contributed by atoms with Gasteiger partial charge < -0.3 is 9.09 Å². The summed E-state index contributed by atoms with van der Waals surface area (Å²) in [4.78, 5) is 9.11. The number of fused-ring (bicyclic) bond motifs is 1. The molecule has 5 nitrogen and oxygen atoms in total. The van der Waals surface area contributed by atoms with Crippen LogP contribution in [0.4, 0.5) is 0 Å². The van der Waals surface area contributed by atoms with Crippen molar-refractivity contribution in [2.45, 2.75) is 26.3 Å². The molecule has 5 rings (SSSR count). The summed E-state index contributed by atoms with van der Waals surface area (Å²) in [6.45, 7) is 3.10. The smallest absolute Gasteiger partial charge is 0.258 e. The van der Waals surface area contributed by atoms with Crippen LogP contribution >= 0.6 is 0 Å². The molecule has 1 aliphatic rings. The Bertz CT molecular complexity index is 1060. The molecule has 0 saturated heterocycles. The highest BCUT2D eigenvalue weighted by Gasteiger charge is 2.22. The monoisotopic (exact) mass is 330 g/mol. The van der Waals surface area contributed by atoms with Gasteiger partial charge in [0.2, 0.25) is 5.82 Å². The number of aryl methyl sites for hydroxylation is 1. The number of rotatable bonds is 4. The minimum Gasteiger partial charge on any atom is -0.334 e. The van der Waals surface area contributed by atoms with Gasteiger partial charge in [-0.2, -0.15) is 4.98 Å². The van der Waals surface area contributed by atoms with Crippen LogP contribution in [0.1, 0.15) is 18.4 Å². The predicted molar refractivity (Wildman–Crippen MR) is 95.9 cm³/mol. The van der Waals surface area contributed by atoms with E-state index in [-0.39, 0.29) is 0 Å². The third kappa shape index (κ3) is 2.61. The summed E-state index contributed by atoms with van der Waals surface area (Å²) >= 11 is 0. The highest BCUT2D eigenvalue weighted by molar-refractivity contribution is 5.80. The highest BCUT2D eigenvalue weighted by atomic mass is 16.5. The number of nitrogens with zero attached hydrogens (tertiary/aromatic N) is 4. The molecule has 0 unspecified atom stereocenters. The van der Waals surface area contributed by atoms with Crippen molar-refractivity contribution >= 4 is 11.0 Å². The van der Waals surface area contributed by atoms with Crippen molar-refractivity contribution in [1.82, 2.24) is 19.7 Å². The van der Waals surface area contributed by atoms with E-state index in [0.29, 0.717) is 11.7 Å². The average Bonchev–Trinajstić information content (AvgIpc) is 3.16. The summed E-state index contributed by atoms with van der Waals surface area (Å²) in [5, 5.41) is 4.16. The van der Waals surface area contributed by atoms with Crippen LogP contribution in [0.5, 0.6) is 0 Å². The number of hydrogen-bond donors (Lipinski definition) is 0. The Labute approximate surface area is 145 Å². The van der Waals surface area contributed by atoms with Gasteiger partial charge in [-0.1, -0.05) is 23.4 Å².